The van der Waals surface area contributed by atoms with E-state index in [9.17, 15) is 0 Å². The van der Waals surface area contributed by atoms with Gasteiger partial charge in [-0.15, -0.1) is 0 Å². The van der Waals surface area contributed by atoms with Gasteiger partial charge in [0.05, 0.1) is 6.61 Å². The Bertz CT molecular complexity index is 272. The maximum absolute atomic E-state index is 5.25. The summed E-state index contributed by atoms with van der Waals surface area (Å²) in [5, 5.41) is 3.99. The maximum Gasteiger partial charge on any atom is 0.202 e. The molecule has 1 aromatic rings. The van der Waals surface area contributed by atoms with Gasteiger partial charge in [0.25, 0.3) is 0 Å². The van der Waals surface area contributed by atoms with Crippen molar-refractivity contribution in [1.82, 2.24) is 9.36 Å². The minimum atomic E-state index is 0.143. The van der Waals surface area contributed by atoms with Crippen LogP contribution in [0.15, 0.2) is 0 Å². The molecule has 1 N–H and O–H groups in total. The SMILES string of the molecule is Cc1nsc(NCC2COCO2)n1. The Hall–Kier alpha value is -0.720. The molecule has 1 aliphatic heterocycles. The van der Waals surface area contributed by atoms with Gasteiger partial charge < -0.3 is 14.8 Å². The number of aromatic nitrogens is 2. The van der Waals surface area contributed by atoms with Gasteiger partial charge in [0, 0.05) is 18.1 Å². The monoisotopic (exact) mass is 201 g/mol. The normalized spacial score (nSPS) is 22.1. The summed E-state index contributed by atoms with van der Waals surface area (Å²) in [4.78, 5) is 4.17. The van der Waals surface area contributed by atoms with Gasteiger partial charge in [0.15, 0.2) is 0 Å². The van der Waals surface area contributed by atoms with Crippen LogP contribution < -0.4 is 5.32 Å². The molecule has 13 heavy (non-hydrogen) atoms. The molecule has 0 spiro atoms. The zero-order chi connectivity index (χ0) is 9.10. The van der Waals surface area contributed by atoms with E-state index in [1.165, 1.54) is 11.5 Å². The molecule has 1 aliphatic rings. The molecule has 0 amide bonds. The van der Waals surface area contributed by atoms with Crippen molar-refractivity contribution >= 4 is 16.7 Å². The van der Waals surface area contributed by atoms with Gasteiger partial charge in [-0.1, -0.05) is 0 Å². The Morgan fingerprint density at radius 1 is 1.69 bits per heavy atom. The lowest BCUT2D eigenvalue weighted by Gasteiger charge is -2.06. The topological polar surface area (TPSA) is 56.3 Å². The molecule has 1 fully saturated rings. The summed E-state index contributed by atoms with van der Waals surface area (Å²) in [6.07, 6.45) is 0.143. The van der Waals surface area contributed by atoms with Gasteiger partial charge in [-0.3, -0.25) is 0 Å². The van der Waals surface area contributed by atoms with Crippen LogP contribution in [-0.2, 0) is 9.47 Å². The van der Waals surface area contributed by atoms with Crippen molar-refractivity contribution in [1.29, 1.82) is 0 Å². The summed E-state index contributed by atoms with van der Waals surface area (Å²) in [7, 11) is 0. The molecule has 0 aliphatic carbocycles. The lowest BCUT2D eigenvalue weighted by molar-refractivity contribution is 0.0500. The molecule has 0 aromatic carbocycles. The fraction of sp³-hybridized carbons (Fsp3) is 0.714. The van der Waals surface area contributed by atoms with Crippen molar-refractivity contribution in [3.63, 3.8) is 0 Å². The Balaban J connectivity index is 1.78. The molecule has 0 bridgehead atoms. The minimum absolute atomic E-state index is 0.143. The molecule has 1 aromatic heterocycles. The highest BCUT2D eigenvalue weighted by Crippen LogP contribution is 2.11. The second kappa shape index (κ2) is 3.99. The van der Waals surface area contributed by atoms with Crippen LogP contribution in [0.5, 0.6) is 0 Å². The first-order chi connectivity index (χ1) is 6.34. The molecule has 5 nitrogen and oxygen atoms in total. The number of rotatable bonds is 3. The number of ether oxygens (including phenoxy) is 2. The highest BCUT2D eigenvalue weighted by molar-refractivity contribution is 7.09. The van der Waals surface area contributed by atoms with Crippen LogP contribution in [0.25, 0.3) is 0 Å². The van der Waals surface area contributed by atoms with Crippen LogP contribution in [0.4, 0.5) is 5.13 Å². The third-order valence-electron chi connectivity index (χ3n) is 1.70. The van der Waals surface area contributed by atoms with Crippen LogP contribution in [-0.4, -0.2) is 35.4 Å². The average molecular weight is 201 g/mol. The predicted molar refractivity (Wildman–Crippen MR) is 48.8 cm³/mol. The number of nitrogens with zero attached hydrogens (tertiary/aromatic N) is 2. The van der Waals surface area contributed by atoms with Gasteiger partial charge in [0.2, 0.25) is 5.13 Å². The molecule has 0 radical (unpaired) electrons. The molecule has 6 heteroatoms. The van der Waals surface area contributed by atoms with Crippen LogP contribution in [0.1, 0.15) is 5.82 Å². The Morgan fingerprint density at radius 2 is 2.62 bits per heavy atom. The maximum atomic E-state index is 5.25. The van der Waals surface area contributed by atoms with Gasteiger partial charge >= 0.3 is 0 Å². The van der Waals surface area contributed by atoms with Crippen LogP contribution >= 0.6 is 11.5 Å². The van der Waals surface area contributed by atoms with Crippen LogP contribution in [0.3, 0.4) is 0 Å². The largest absolute Gasteiger partial charge is 0.358 e. The Labute approximate surface area is 80.2 Å². The summed E-state index contributed by atoms with van der Waals surface area (Å²) in [5.74, 6) is 0.802. The summed E-state index contributed by atoms with van der Waals surface area (Å²) < 4.78 is 14.4. The predicted octanol–water partition coefficient (Wildman–Crippen LogP) is 0.631. The quantitative estimate of drug-likeness (QED) is 0.777. The highest BCUT2D eigenvalue weighted by atomic mass is 32.1. The van der Waals surface area contributed by atoms with Crippen molar-refractivity contribution in [2.24, 2.45) is 0 Å². The molecule has 72 valence electrons. The third kappa shape index (κ3) is 2.36. The number of hydrogen-bond acceptors (Lipinski definition) is 6. The number of aryl methyl sites for hydroxylation is 1. The molecule has 2 rings (SSSR count). The lowest BCUT2D eigenvalue weighted by Crippen LogP contribution is -2.21. The van der Waals surface area contributed by atoms with E-state index in [4.69, 9.17) is 9.47 Å². The van der Waals surface area contributed by atoms with Gasteiger partial charge in [0.1, 0.15) is 18.7 Å². The van der Waals surface area contributed by atoms with E-state index in [0.717, 1.165) is 17.5 Å². The average Bonchev–Trinajstić information content (AvgIpc) is 2.71. The fourth-order valence-electron chi connectivity index (χ4n) is 1.06. The van der Waals surface area contributed by atoms with Crippen molar-refractivity contribution in [3.8, 4) is 0 Å². The summed E-state index contributed by atoms with van der Waals surface area (Å²) in [6, 6.07) is 0. The van der Waals surface area contributed by atoms with E-state index in [-0.39, 0.29) is 6.10 Å². The molecule has 1 atom stereocenters. The van der Waals surface area contributed by atoms with Crippen molar-refractivity contribution in [2.75, 3.05) is 25.3 Å². The molecule has 0 saturated carbocycles. The first-order valence-corrected chi connectivity index (χ1v) is 4.85. The summed E-state index contributed by atoms with van der Waals surface area (Å²) in [5.41, 5.74) is 0. The number of nitrogens with one attached hydrogen (secondary N) is 1. The van der Waals surface area contributed by atoms with Crippen LogP contribution in [0, 0.1) is 6.92 Å². The first kappa shape index (κ1) is 8.86. The molecular weight excluding hydrogens is 190 g/mol. The number of anilines is 1. The van der Waals surface area contributed by atoms with E-state index in [1.54, 1.807) is 0 Å². The zero-order valence-electron chi connectivity index (χ0n) is 7.32. The molecule has 1 unspecified atom stereocenters. The molecular formula is C7H11N3O2S. The van der Waals surface area contributed by atoms with Gasteiger partial charge in [-0.05, 0) is 6.92 Å². The summed E-state index contributed by atoms with van der Waals surface area (Å²) in [6.45, 7) is 3.66. The standard InChI is InChI=1S/C7H11N3O2S/c1-5-9-7(13-10-5)8-2-6-3-11-4-12-6/h6H,2-4H2,1H3,(H,8,9,10). The number of hydrogen-bond donors (Lipinski definition) is 1. The first-order valence-electron chi connectivity index (χ1n) is 4.08. The second-order valence-corrected chi connectivity index (χ2v) is 3.56. The van der Waals surface area contributed by atoms with Crippen molar-refractivity contribution < 1.29 is 9.47 Å². The molecule has 2 heterocycles. The second-order valence-electron chi connectivity index (χ2n) is 2.80. The van der Waals surface area contributed by atoms with E-state index in [0.29, 0.717) is 13.4 Å². The van der Waals surface area contributed by atoms with Gasteiger partial charge in [-0.25, -0.2) is 4.98 Å². The smallest absolute Gasteiger partial charge is 0.202 e. The molecule has 1 saturated heterocycles. The highest BCUT2D eigenvalue weighted by Gasteiger charge is 2.15. The Morgan fingerprint density at radius 3 is 3.23 bits per heavy atom. The fourth-order valence-corrected chi connectivity index (χ4v) is 1.64. The lowest BCUT2D eigenvalue weighted by atomic mass is 10.4. The van der Waals surface area contributed by atoms with Crippen molar-refractivity contribution in [2.45, 2.75) is 13.0 Å². The van der Waals surface area contributed by atoms with E-state index < -0.39 is 0 Å². The minimum Gasteiger partial charge on any atom is -0.358 e. The third-order valence-corrected chi connectivity index (χ3v) is 2.46. The van der Waals surface area contributed by atoms with Crippen molar-refractivity contribution in [3.05, 3.63) is 5.82 Å². The van der Waals surface area contributed by atoms with E-state index in [2.05, 4.69) is 14.7 Å². The van der Waals surface area contributed by atoms with E-state index in [1.807, 2.05) is 6.92 Å². The Kier molecular flexibility index (Phi) is 2.72. The van der Waals surface area contributed by atoms with Gasteiger partial charge in [-0.2, -0.15) is 4.37 Å². The van der Waals surface area contributed by atoms with E-state index >= 15 is 0 Å². The summed E-state index contributed by atoms with van der Waals surface area (Å²) >= 11 is 1.36. The zero-order valence-corrected chi connectivity index (χ0v) is 8.13. The van der Waals surface area contributed by atoms with Crippen LogP contribution in [0.2, 0.25) is 0 Å².